The predicted octanol–water partition coefficient (Wildman–Crippen LogP) is 4.72. The zero-order valence-electron chi connectivity index (χ0n) is 17.9. The van der Waals surface area contributed by atoms with E-state index in [-0.39, 0.29) is 11.3 Å². The minimum atomic E-state index is -4.08. The highest BCUT2D eigenvalue weighted by atomic mass is 79.9. The van der Waals surface area contributed by atoms with Gasteiger partial charge in [0.1, 0.15) is 6.04 Å². The molecule has 0 aliphatic carbocycles. The van der Waals surface area contributed by atoms with Crippen LogP contribution in [0.25, 0.3) is 10.8 Å². The first-order valence-electron chi connectivity index (χ1n) is 10.2. The number of hydrogen-bond donors (Lipinski definition) is 0. The second-order valence-corrected chi connectivity index (χ2v) is 11.5. The third-order valence-electron chi connectivity index (χ3n) is 5.43. The fourth-order valence-electron chi connectivity index (χ4n) is 4.10. The van der Waals surface area contributed by atoms with E-state index in [9.17, 15) is 18.0 Å². The Balaban J connectivity index is 1.77. The van der Waals surface area contributed by atoms with Crippen molar-refractivity contribution in [3.63, 3.8) is 0 Å². The van der Waals surface area contributed by atoms with Crippen molar-refractivity contribution in [3.8, 4) is 0 Å². The van der Waals surface area contributed by atoms with Crippen LogP contribution in [0.2, 0.25) is 0 Å². The molecule has 1 unspecified atom stereocenters. The first kappa shape index (κ1) is 22.6. The molecule has 1 saturated heterocycles. The summed E-state index contributed by atoms with van der Waals surface area (Å²) in [4.78, 5) is 27.4. The summed E-state index contributed by atoms with van der Waals surface area (Å²) in [6, 6.07) is 18.0. The molecule has 1 aliphatic rings. The lowest BCUT2D eigenvalue weighted by molar-refractivity contribution is -0.122. The molecule has 1 atom stereocenters. The Hall–Kier alpha value is -2.55. The van der Waals surface area contributed by atoms with Gasteiger partial charge in [0.2, 0.25) is 15.9 Å². The molecule has 0 bridgehead atoms. The summed E-state index contributed by atoms with van der Waals surface area (Å²) >= 11 is 3.34. The Morgan fingerprint density at radius 2 is 1.56 bits per heavy atom. The summed E-state index contributed by atoms with van der Waals surface area (Å²) in [6.45, 7) is 5.18. The van der Waals surface area contributed by atoms with Crippen LogP contribution in [-0.4, -0.2) is 36.1 Å². The van der Waals surface area contributed by atoms with Crippen LogP contribution < -0.4 is 4.90 Å². The smallest absolute Gasteiger partial charge is 0.252 e. The molecule has 0 N–H and O–H groups in total. The van der Waals surface area contributed by atoms with Gasteiger partial charge in [-0.15, -0.1) is 0 Å². The molecule has 3 aromatic carbocycles. The number of carbonyl (C=O) groups is 2. The zero-order valence-corrected chi connectivity index (χ0v) is 20.4. The quantitative estimate of drug-likeness (QED) is 0.472. The number of nitrogens with zero attached hydrogens (tertiary/aromatic N) is 2. The average molecular weight is 515 g/mol. The Labute approximate surface area is 196 Å². The number of carbonyl (C=O) groups excluding carboxylic acids is 2. The van der Waals surface area contributed by atoms with Gasteiger partial charge in [-0.05, 0) is 67.9 Å². The number of halogens is 1. The lowest BCUT2D eigenvalue weighted by atomic mass is 10.1. The topological polar surface area (TPSA) is 74.8 Å². The maximum atomic E-state index is 13.8. The highest BCUT2D eigenvalue weighted by molar-refractivity contribution is 9.10. The van der Waals surface area contributed by atoms with Gasteiger partial charge in [-0.1, -0.05) is 46.3 Å². The van der Waals surface area contributed by atoms with Gasteiger partial charge in [0.25, 0.3) is 5.91 Å². The van der Waals surface area contributed by atoms with Crippen LogP contribution in [0.5, 0.6) is 0 Å². The van der Waals surface area contributed by atoms with E-state index in [4.69, 9.17) is 0 Å². The number of anilines is 1. The van der Waals surface area contributed by atoms with E-state index < -0.39 is 33.4 Å². The maximum Gasteiger partial charge on any atom is 0.252 e. The number of sulfonamides is 1. The van der Waals surface area contributed by atoms with Crippen molar-refractivity contribution in [1.82, 2.24) is 4.31 Å². The lowest BCUT2D eigenvalue weighted by Crippen LogP contribution is -2.54. The molecule has 0 aromatic heterocycles. The summed E-state index contributed by atoms with van der Waals surface area (Å²) in [5.41, 5.74) is -0.511. The van der Waals surface area contributed by atoms with Gasteiger partial charge >= 0.3 is 0 Å². The fourth-order valence-corrected chi connectivity index (χ4v) is 6.33. The summed E-state index contributed by atoms with van der Waals surface area (Å²) in [6.07, 6.45) is -0.209. The van der Waals surface area contributed by atoms with E-state index in [0.29, 0.717) is 5.69 Å². The summed E-state index contributed by atoms with van der Waals surface area (Å²) in [5, 5.41) is 1.70. The molecular formula is C24H23BrN2O4S. The van der Waals surface area contributed by atoms with Crippen molar-refractivity contribution in [1.29, 1.82) is 0 Å². The molecule has 6 nitrogen and oxygen atoms in total. The molecule has 0 saturated carbocycles. The predicted molar refractivity (Wildman–Crippen MR) is 128 cm³/mol. The molecule has 2 amide bonds. The van der Waals surface area contributed by atoms with Crippen molar-refractivity contribution >= 4 is 54.2 Å². The zero-order chi connectivity index (χ0) is 23.3. The number of hydrogen-bond acceptors (Lipinski definition) is 4. The molecule has 166 valence electrons. The number of amides is 2. The van der Waals surface area contributed by atoms with E-state index in [0.717, 1.165) is 20.1 Å². The van der Waals surface area contributed by atoms with E-state index in [1.165, 1.54) is 4.31 Å². The van der Waals surface area contributed by atoms with Crippen molar-refractivity contribution in [2.75, 3.05) is 4.90 Å². The average Bonchev–Trinajstić information content (AvgIpc) is 3.00. The minimum Gasteiger partial charge on any atom is -0.274 e. The fraction of sp³-hybridized carbons (Fsp3) is 0.250. The van der Waals surface area contributed by atoms with Gasteiger partial charge in [-0.25, -0.2) is 13.3 Å². The minimum absolute atomic E-state index is 0.0912. The van der Waals surface area contributed by atoms with E-state index in [1.807, 2.05) is 24.3 Å². The molecule has 4 rings (SSSR count). The van der Waals surface area contributed by atoms with Crippen LogP contribution in [0.3, 0.4) is 0 Å². The molecule has 1 heterocycles. The standard InChI is InChI=1S/C24H23BrN2O4S/c1-24(2,3)27(32(30,31)20-13-8-16-6-4-5-7-17(16)14-20)21-15-22(28)26(23(21)29)19-11-9-18(25)10-12-19/h4-14,21H,15H2,1-3H3. The number of rotatable bonds is 4. The molecule has 8 heteroatoms. The van der Waals surface area contributed by atoms with Gasteiger partial charge in [-0.3, -0.25) is 9.59 Å². The van der Waals surface area contributed by atoms with E-state index in [2.05, 4.69) is 15.9 Å². The van der Waals surface area contributed by atoms with E-state index >= 15 is 0 Å². The number of fused-ring (bicyclic) bond motifs is 1. The molecule has 32 heavy (non-hydrogen) atoms. The second kappa shape index (κ2) is 8.10. The van der Waals surface area contributed by atoms with Gasteiger partial charge in [0.15, 0.2) is 0 Å². The molecule has 1 fully saturated rings. The summed E-state index contributed by atoms with van der Waals surface area (Å²) < 4.78 is 29.6. The Kier molecular flexibility index (Phi) is 5.73. The van der Waals surface area contributed by atoms with Crippen LogP contribution in [-0.2, 0) is 19.6 Å². The van der Waals surface area contributed by atoms with Crippen LogP contribution in [0.15, 0.2) is 76.1 Å². The number of benzene rings is 3. The Morgan fingerprint density at radius 3 is 2.19 bits per heavy atom. The van der Waals surface area contributed by atoms with Gasteiger partial charge in [-0.2, -0.15) is 4.31 Å². The van der Waals surface area contributed by atoms with Gasteiger partial charge in [0.05, 0.1) is 17.0 Å². The molecular weight excluding hydrogens is 492 g/mol. The third kappa shape index (κ3) is 3.98. The van der Waals surface area contributed by atoms with Crippen molar-refractivity contribution in [2.24, 2.45) is 0 Å². The van der Waals surface area contributed by atoms with Crippen LogP contribution in [0.4, 0.5) is 5.69 Å². The maximum absolute atomic E-state index is 13.8. The van der Waals surface area contributed by atoms with Crippen molar-refractivity contribution in [2.45, 2.75) is 43.7 Å². The molecule has 1 aliphatic heterocycles. The lowest BCUT2D eigenvalue weighted by Gasteiger charge is -2.37. The first-order valence-corrected chi connectivity index (χ1v) is 12.4. The Morgan fingerprint density at radius 1 is 0.938 bits per heavy atom. The van der Waals surface area contributed by atoms with Crippen molar-refractivity contribution in [3.05, 3.63) is 71.2 Å². The molecule has 3 aromatic rings. The second-order valence-electron chi connectivity index (χ2n) is 8.74. The normalized spacial score (nSPS) is 17.5. The SMILES string of the molecule is CC(C)(C)N(C1CC(=O)N(c2ccc(Br)cc2)C1=O)S(=O)(=O)c1ccc2ccccc2c1. The van der Waals surface area contributed by atoms with Gasteiger partial charge in [0, 0.05) is 10.0 Å². The number of imide groups is 1. The monoisotopic (exact) mass is 514 g/mol. The van der Waals surface area contributed by atoms with Crippen LogP contribution >= 0.6 is 15.9 Å². The van der Waals surface area contributed by atoms with Crippen LogP contribution in [0, 0.1) is 0 Å². The van der Waals surface area contributed by atoms with Gasteiger partial charge < -0.3 is 0 Å². The Bertz CT molecular complexity index is 1310. The molecule has 0 radical (unpaired) electrons. The highest BCUT2D eigenvalue weighted by Crippen LogP contribution is 2.35. The summed E-state index contributed by atoms with van der Waals surface area (Å²) in [7, 11) is -4.08. The van der Waals surface area contributed by atoms with Crippen LogP contribution in [0.1, 0.15) is 27.2 Å². The highest BCUT2D eigenvalue weighted by Gasteiger charge is 2.50. The van der Waals surface area contributed by atoms with E-state index in [1.54, 1.807) is 63.2 Å². The first-order chi connectivity index (χ1) is 15.0. The largest absolute Gasteiger partial charge is 0.274 e. The third-order valence-corrected chi connectivity index (χ3v) is 8.13. The molecule has 0 spiro atoms. The van der Waals surface area contributed by atoms with Crippen molar-refractivity contribution < 1.29 is 18.0 Å². The summed E-state index contributed by atoms with van der Waals surface area (Å²) in [5.74, 6) is -0.970.